The van der Waals surface area contributed by atoms with Crippen molar-refractivity contribution in [1.29, 1.82) is 0 Å². The molecule has 23 nitrogen and oxygen atoms in total. The van der Waals surface area contributed by atoms with Crippen LogP contribution in [0.4, 0.5) is 0 Å². The second-order valence-corrected chi connectivity index (χ2v) is 13.6. The van der Waals surface area contributed by atoms with Gasteiger partial charge in [-0.25, -0.2) is 9.78 Å². The van der Waals surface area contributed by atoms with Gasteiger partial charge in [-0.3, -0.25) is 38.6 Å². The van der Waals surface area contributed by atoms with Crippen LogP contribution in [0.5, 0.6) is 5.75 Å². The number of amides is 5. The SMILES string of the molecule is CC(C)[C@H](NC(=O)[C@@H](N)CCC(=O)O)C(=O)N[C@@H](CC(=O)O)C(=O)N[C@@H](Cc1ccc(O)cc1)C(=O)N[C@@H](Cc1cnc[nH]1)C(=O)N[C@@H](CCCN=C(N)N)C(=O)O. The zero-order valence-electron chi connectivity index (χ0n) is 31.8. The van der Waals surface area contributed by atoms with Crippen molar-refractivity contribution in [2.45, 2.75) is 95.0 Å². The van der Waals surface area contributed by atoms with E-state index in [4.69, 9.17) is 22.3 Å². The van der Waals surface area contributed by atoms with Gasteiger partial charge in [-0.1, -0.05) is 26.0 Å². The van der Waals surface area contributed by atoms with Gasteiger partial charge in [0.05, 0.1) is 18.8 Å². The Bertz CT molecular complexity index is 1770. The van der Waals surface area contributed by atoms with Gasteiger partial charge >= 0.3 is 17.9 Å². The number of carboxylic acids is 3. The molecule has 0 radical (unpaired) electrons. The highest BCUT2D eigenvalue weighted by Gasteiger charge is 2.35. The average molecular weight is 818 g/mol. The number of phenolic OH excluding ortho intramolecular Hbond substituents is 1. The molecule has 58 heavy (non-hydrogen) atoms. The summed E-state index contributed by atoms with van der Waals surface area (Å²) in [6.07, 6.45) is 0.602. The number of aliphatic carboxylic acids is 3. The third-order valence-corrected chi connectivity index (χ3v) is 8.45. The summed E-state index contributed by atoms with van der Waals surface area (Å²) in [6.45, 7) is 3.16. The summed E-state index contributed by atoms with van der Waals surface area (Å²) in [6, 6.07) is -3.44. The first kappa shape index (κ1) is 47.4. The fourth-order valence-electron chi connectivity index (χ4n) is 5.33. The van der Waals surface area contributed by atoms with Crippen molar-refractivity contribution in [3.63, 3.8) is 0 Å². The minimum Gasteiger partial charge on any atom is -0.508 e. The highest BCUT2D eigenvalue weighted by Crippen LogP contribution is 2.13. The number of H-pyrrole nitrogens is 1. The number of guanidine groups is 1. The lowest BCUT2D eigenvalue weighted by molar-refractivity contribution is -0.142. The molecule has 0 saturated heterocycles. The minimum atomic E-state index is -1.82. The molecule has 318 valence electrons. The number of aromatic hydroxyl groups is 1. The average Bonchev–Trinajstić information content (AvgIpc) is 3.66. The van der Waals surface area contributed by atoms with Crippen LogP contribution in [-0.4, -0.2) is 127 Å². The Labute approximate surface area is 332 Å². The van der Waals surface area contributed by atoms with E-state index in [0.29, 0.717) is 11.3 Å². The molecule has 1 aromatic carbocycles. The molecule has 0 saturated carbocycles. The minimum absolute atomic E-state index is 0.0772. The number of aromatic amines is 1. The Balaban J connectivity index is 2.40. The van der Waals surface area contributed by atoms with Crippen LogP contribution >= 0.6 is 0 Å². The van der Waals surface area contributed by atoms with Crippen molar-refractivity contribution in [2.24, 2.45) is 28.1 Å². The van der Waals surface area contributed by atoms with Crippen molar-refractivity contribution in [3.05, 3.63) is 48.0 Å². The first-order valence-corrected chi connectivity index (χ1v) is 18.0. The molecular formula is C35H51N11O12. The summed E-state index contributed by atoms with van der Waals surface area (Å²) in [5, 5.41) is 50.1. The number of hydrogen-bond donors (Lipinski definition) is 13. The molecule has 0 bridgehead atoms. The van der Waals surface area contributed by atoms with Gasteiger partial charge in [0.2, 0.25) is 29.5 Å². The number of rotatable bonds is 25. The summed E-state index contributed by atoms with van der Waals surface area (Å²) in [5.74, 6) is -9.96. The molecule has 16 N–H and O–H groups in total. The number of nitrogens with two attached hydrogens (primary N) is 3. The molecule has 2 rings (SSSR count). The van der Waals surface area contributed by atoms with Crippen molar-refractivity contribution < 1.29 is 58.8 Å². The van der Waals surface area contributed by atoms with Gasteiger partial charge in [0.25, 0.3) is 0 Å². The Morgan fingerprint density at radius 2 is 1.31 bits per heavy atom. The number of nitrogens with one attached hydrogen (secondary N) is 6. The van der Waals surface area contributed by atoms with Crippen LogP contribution in [0.2, 0.25) is 0 Å². The van der Waals surface area contributed by atoms with Crippen molar-refractivity contribution in [2.75, 3.05) is 6.54 Å². The number of phenols is 1. The zero-order chi connectivity index (χ0) is 43.5. The summed E-state index contributed by atoms with van der Waals surface area (Å²) in [4.78, 5) is 113. The van der Waals surface area contributed by atoms with Crippen LogP contribution in [0, 0.1) is 5.92 Å². The predicted molar refractivity (Wildman–Crippen MR) is 203 cm³/mol. The first-order valence-electron chi connectivity index (χ1n) is 18.0. The maximum Gasteiger partial charge on any atom is 0.326 e. The van der Waals surface area contributed by atoms with E-state index in [9.17, 15) is 53.7 Å². The number of nitrogens with zero attached hydrogens (tertiary/aromatic N) is 2. The Morgan fingerprint density at radius 1 is 0.741 bits per heavy atom. The summed E-state index contributed by atoms with van der Waals surface area (Å²) >= 11 is 0. The molecular weight excluding hydrogens is 766 g/mol. The topological polar surface area (TPSA) is 397 Å². The highest BCUT2D eigenvalue weighted by atomic mass is 16.4. The van der Waals surface area contributed by atoms with Crippen LogP contribution in [-0.2, 0) is 51.2 Å². The Hall–Kier alpha value is -6.78. The number of aliphatic imine (C=N–C) groups is 1. The van der Waals surface area contributed by atoms with Crippen molar-refractivity contribution in [1.82, 2.24) is 36.6 Å². The smallest absolute Gasteiger partial charge is 0.326 e. The third kappa shape index (κ3) is 16.9. The van der Waals surface area contributed by atoms with E-state index in [1.165, 1.54) is 36.8 Å². The standard InChI is InChI=1S/C35H51N11O12/c1-17(2)28(46-29(52)21(36)9-10-26(48)49)33(56)45-25(14-27(50)51)32(55)43-23(12-18-5-7-20(47)8-6-18)30(53)44-24(13-19-15-39-16-41-19)31(54)42-22(34(57)58)4-3-11-40-35(37)38/h5-8,15-17,21-25,28,47H,3-4,9-14,36H2,1-2H3,(H,39,41)(H,42,54)(H,43,55)(H,44,53)(H,45,56)(H,46,52)(H,48,49)(H,50,51)(H,57,58)(H4,37,38,40)/t21-,22-,23-,24-,25-,28-/m0/s1. The molecule has 23 heteroatoms. The molecule has 1 heterocycles. The molecule has 0 aliphatic rings. The van der Waals surface area contributed by atoms with E-state index in [2.05, 4.69) is 41.5 Å². The van der Waals surface area contributed by atoms with E-state index in [1.807, 2.05) is 0 Å². The fourth-order valence-corrected chi connectivity index (χ4v) is 5.33. The monoisotopic (exact) mass is 817 g/mol. The van der Waals surface area contributed by atoms with Gasteiger partial charge in [-0.15, -0.1) is 0 Å². The third-order valence-electron chi connectivity index (χ3n) is 8.45. The maximum absolute atomic E-state index is 14.0. The molecule has 0 spiro atoms. The second-order valence-electron chi connectivity index (χ2n) is 13.6. The van der Waals surface area contributed by atoms with Crippen LogP contribution in [0.3, 0.4) is 0 Å². The molecule has 5 amide bonds. The van der Waals surface area contributed by atoms with E-state index in [1.54, 1.807) is 13.8 Å². The molecule has 6 atom stereocenters. The summed E-state index contributed by atoms with van der Waals surface area (Å²) in [5.41, 5.74) is 17.1. The molecule has 2 aromatic rings. The van der Waals surface area contributed by atoms with E-state index in [-0.39, 0.29) is 50.4 Å². The number of imidazole rings is 1. The lowest BCUT2D eigenvalue weighted by Crippen LogP contribution is -2.60. The second kappa shape index (κ2) is 23.3. The molecule has 0 aliphatic heterocycles. The molecule has 0 unspecified atom stereocenters. The van der Waals surface area contributed by atoms with Gasteiger partial charge in [0.15, 0.2) is 5.96 Å². The fraction of sp³-hybridized carbons (Fsp3) is 0.486. The number of hydrogen-bond acceptors (Lipinski definition) is 12. The highest BCUT2D eigenvalue weighted by molar-refractivity contribution is 5.97. The van der Waals surface area contributed by atoms with E-state index in [0.717, 1.165) is 0 Å². The van der Waals surface area contributed by atoms with Crippen LogP contribution < -0.4 is 43.8 Å². The van der Waals surface area contributed by atoms with Gasteiger partial charge in [0, 0.05) is 37.7 Å². The van der Waals surface area contributed by atoms with Crippen molar-refractivity contribution in [3.8, 4) is 5.75 Å². The van der Waals surface area contributed by atoms with Gasteiger partial charge in [-0.2, -0.15) is 0 Å². The summed E-state index contributed by atoms with van der Waals surface area (Å²) < 4.78 is 0. The lowest BCUT2D eigenvalue weighted by atomic mass is 10.0. The zero-order valence-corrected chi connectivity index (χ0v) is 31.8. The number of aromatic nitrogens is 2. The quantitative estimate of drug-likeness (QED) is 0.0266. The molecule has 0 aliphatic carbocycles. The Kier molecular flexibility index (Phi) is 19.1. The van der Waals surface area contributed by atoms with E-state index >= 15 is 0 Å². The molecule has 0 fully saturated rings. The van der Waals surface area contributed by atoms with Gasteiger partial charge in [0.1, 0.15) is 36.0 Å². The predicted octanol–water partition coefficient (Wildman–Crippen LogP) is -3.21. The van der Waals surface area contributed by atoms with Gasteiger partial charge < -0.3 is 69.2 Å². The van der Waals surface area contributed by atoms with Gasteiger partial charge in [-0.05, 0) is 42.9 Å². The number of carbonyl (C=O) groups excluding carboxylic acids is 5. The van der Waals surface area contributed by atoms with Crippen LogP contribution in [0.25, 0.3) is 0 Å². The largest absolute Gasteiger partial charge is 0.508 e. The van der Waals surface area contributed by atoms with Crippen LogP contribution in [0.1, 0.15) is 57.2 Å². The first-order chi connectivity index (χ1) is 27.3. The maximum atomic E-state index is 14.0. The normalized spacial score (nSPS) is 14.0. The van der Waals surface area contributed by atoms with E-state index < -0.39 is 102 Å². The van der Waals surface area contributed by atoms with Crippen molar-refractivity contribution >= 4 is 53.4 Å². The molecule has 1 aromatic heterocycles. The number of carboxylic acid groups (broad SMARTS) is 3. The number of benzene rings is 1. The number of carbonyl (C=O) groups is 8. The Morgan fingerprint density at radius 3 is 1.83 bits per heavy atom. The summed E-state index contributed by atoms with van der Waals surface area (Å²) in [7, 11) is 0. The lowest BCUT2D eigenvalue weighted by Gasteiger charge is -2.27. The van der Waals surface area contributed by atoms with Crippen LogP contribution in [0.15, 0.2) is 41.8 Å².